The van der Waals surface area contributed by atoms with E-state index in [1.807, 2.05) is 0 Å². The van der Waals surface area contributed by atoms with Crippen LogP contribution in [-0.2, 0) is 0 Å². The summed E-state index contributed by atoms with van der Waals surface area (Å²) >= 11 is 0. The SMILES string of the molecule is C=C/C=C\C(=C)CC(O)(O)NO. The second-order valence-corrected chi connectivity index (χ2v) is 2.36. The molecule has 0 saturated heterocycles. The van der Waals surface area contributed by atoms with Gasteiger partial charge >= 0.3 is 0 Å². The van der Waals surface area contributed by atoms with Crippen LogP contribution < -0.4 is 5.48 Å². The number of hydroxylamine groups is 1. The van der Waals surface area contributed by atoms with Crippen LogP contribution >= 0.6 is 0 Å². The van der Waals surface area contributed by atoms with Crippen LogP contribution in [0.1, 0.15) is 6.42 Å². The Bertz CT molecular complexity index is 196. The smallest absolute Gasteiger partial charge is 0.248 e. The fraction of sp³-hybridized carbons (Fsp3) is 0.250. The van der Waals surface area contributed by atoms with Crippen molar-refractivity contribution in [1.82, 2.24) is 5.48 Å². The maximum Gasteiger partial charge on any atom is 0.248 e. The molecule has 68 valence electrons. The van der Waals surface area contributed by atoms with Gasteiger partial charge in [-0.25, -0.2) is 0 Å². The molecule has 4 N–H and O–H groups in total. The lowest BCUT2D eigenvalue weighted by atomic mass is 10.1. The zero-order valence-electron chi connectivity index (χ0n) is 6.70. The molecule has 0 fully saturated rings. The first-order chi connectivity index (χ1) is 5.52. The fourth-order valence-corrected chi connectivity index (χ4v) is 0.619. The van der Waals surface area contributed by atoms with Gasteiger partial charge in [0.2, 0.25) is 5.91 Å². The van der Waals surface area contributed by atoms with Gasteiger partial charge in [-0.3, -0.25) is 0 Å². The summed E-state index contributed by atoms with van der Waals surface area (Å²) in [6.45, 7) is 6.95. The van der Waals surface area contributed by atoms with Crippen molar-refractivity contribution in [3.05, 3.63) is 37.0 Å². The van der Waals surface area contributed by atoms with Crippen LogP contribution in [0.4, 0.5) is 0 Å². The third-order valence-electron chi connectivity index (χ3n) is 1.12. The molecule has 0 aromatic heterocycles. The van der Waals surface area contributed by atoms with Crippen molar-refractivity contribution in [1.29, 1.82) is 0 Å². The van der Waals surface area contributed by atoms with Gasteiger partial charge in [-0.1, -0.05) is 31.4 Å². The highest BCUT2D eigenvalue weighted by Crippen LogP contribution is 2.09. The van der Waals surface area contributed by atoms with Crippen LogP contribution in [0, 0.1) is 0 Å². The summed E-state index contributed by atoms with van der Waals surface area (Å²) in [6, 6.07) is 0. The highest BCUT2D eigenvalue weighted by atomic mass is 16.6. The summed E-state index contributed by atoms with van der Waals surface area (Å²) in [5, 5.41) is 26.0. The van der Waals surface area contributed by atoms with E-state index in [1.54, 1.807) is 12.2 Å². The van der Waals surface area contributed by atoms with Crippen LogP contribution in [0.15, 0.2) is 37.0 Å². The van der Waals surface area contributed by atoms with E-state index in [2.05, 4.69) is 13.2 Å². The molecule has 0 unspecified atom stereocenters. The van der Waals surface area contributed by atoms with Crippen LogP contribution in [0.5, 0.6) is 0 Å². The second-order valence-electron chi connectivity index (χ2n) is 2.36. The Balaban J connectivity index is 4.00. The van der Waals surface area contributed by atoms with Crippen molar-refractivity contribution in [2.75, 3.05) is 0 Å². The van der Waals surface area contributed by atoms with Crippen LogP contribution in [-0.4, -0.2) is 21.3 Å². The van der Waals surface area contributed by atoms with E-state index < -0.39 is 5.91 Å². The zero-order chi connectivity index (χ0) is 9.61. The van der Waals surface area contributed by atoms with E-state index in [-0.39, 0.29) is 6.42 Å². The molecule has 0 atom stereocenters. The van der Waals surface area contributed by atoms with Crippen molar-refractivity contribution in [3.8, 4) is 0 Å². The molecule has 0 heterocycles. The van der Waals surface area contributed by atoms with Gasteiger partial charge in [-0.05, 0) is 5.57 Å². The predicted octanol–water partition coefficient (Wildman–Crippen LogP) is 0.292. The molecular weight excluding hydrogens is 158 g/mol. The topological polar surface area (TPSA) is 72.7 Å². The Morgan fingerprint density at radius 2 is 2.08 bits per heavy atom. The molecule has 12 heavy (non-hydrogen) atoms. The Morgan fingerprint density at radius 3 is 2.50 bits per heavy atom. The molecule has 0 aliphatic carbocycles. The summed E-state index contributed by atoms with van der Waals surface area (Å²) in [5.74, 6) is -2.32. The molecule has 0 bridgehead atoms. The quantitative estimate of drug-likeness (QED) is 0.272. The number of nitrogens with one attached hydrogen (secondary N) is 1. The van der Waals surface area contributed by atoms with Gasteiger partial charge < -0.3 is 15.4 Å². The Kier molecular flexibility index (Phi) is 4.46. The predicted molar refractivity (Wildman–Crippen MR) is 45.2 cm³/mol. The minimum absolute atomic E-state index is 0.187. The molecule has 0 rings (SSSR count). The maximum absolute atomic E-state index is 8.87. The van der Waals surface area contributed by atoms with Crippen LogP contribution in [0.25, 0.3) is 0 Å². The van der Waals surface area contributed by atoms with Crippen LogP contribution in [0.3, 0.4) is 0 Å². The largest absolute Gasteiger partial charge is 0.352 e. The van der Waals surface area contributed by atoms with Crippen molar-refractivity contribution in [2.24, 2.45) is 0 Å². The Hall–Kier alpha value is -0.940. The average molecular weight is 171 g/mol. The van der Waals surface area contributed by atoms with Crippen molar-refractivity contribution in [3.63, 3.8) is 0 Å². The summed E-state index contributed by atoms with van der Waals surface area (Å²) in [5.41, 5.74) is 1.80. The van der Waals surface area contributed by atoms with Gasteiger partial charge in [0.25, 0.3) is 0 Å². The molecular formula is C8H13NO3. The average Bonchev–Trinajstić information content (AvgIpc) is 2.00. The monoisotopic (exact) mass is 171 g/mol. The molecule has 4 heteroatoms. The molecule has 0 radical (unpaired) electrons. The lowest BCUT2D eigenvalue weighted by Gasteiger charge is -2.18. The molecule has 0 amide bonds. The Labute approximate surface area is 71.1 Å². The van der Waals surface area contributed by atoms with E-state index in [1.165, 1.54) is 11.6 Å². The van der Waals surface area contributed by atoms with Gasteiger partial charge in [-0.2, -0.15) is 0 Å². The number of hydrogen-bond donors (Lipinski definition) is 4. The van der Waals surface area contributed by atoms with E-state index in [0.29, 0.717) is 5.57 Å². The first-order valence-electron chi connectivity index (χ1n) is 3.35. The van der Waals surface area contributed by atoms with Gasteiger partial charge in [-0.15, -0.1) is 5.48 Å². The molecule has 0 aliphatic heterocycles. The minimum atomic E-state index is -2.32. The van der Waals surface area contributed by atoms with E-state index >= 15 is 0 Å². The number of hydrogen-bond acceptors (Lipinski definition) is 4. The molecule has 0 aliphatic rings. The Morgan fingerprint density at radius 1 is 1.50 bits per heavy atom. The standard InChI is InChI=1S/C8H13NO3/c1-3-4-5-7(2)6-8(10,11)9-12/h3-5,9-12H,1-2,6H2/b5-4-. The van der Waals surface area contributed by atoms with Crippen molar-refractivity contribution in [2.45, 2.75) is 12.3 Å². The van der Waals surface area contributed by atoms with Gasteiger partial charge in [0, 0.05) is 6.42 Å². The molecule has 0 spiro atoms. The van der Waals surface area contributed by atoms with Crippen LogP contribution in [0.2, 0.25) is 0 Å². The third-order valence-corrected chi connectivity index (χ3v) is 1.12. The summed E-state index contributed by atoms with van der Waals surface area (Å²) in [4.78, 5) is 0. The minimum Gasteiger partial charge on any atom is -0.352 e. The maximum atomic E-state index is 8.87. The van der Waals surface area contributed by atoms with E-state index in [9.17, 15) is 0 Å². The van der Waals surface area contributed by atoms with E-state index in [0.717, 1.165) is 0 Å². The molecule has 0 aromatic carbocycles. The molecule has 4 nitrogen and oxygen atoms in total. The lowest BCUT2D eigenvalue weighted by molar-refractivity contribution is -0.238. The number of allylic oxidation sites excluding steroid dienone is 3. The third kappa shape index (κ3) is 4.81. The van der Waals surface area contributed by atoms with Gasteiger partial charge in [0.15, 0.2) is 0 Å². The number of aliphatic hydroxyl groups is 2. The summed E-state index contributed by atoms with van der Waals surface area (Å²) in [6.07, 6.45) is 4.52. The summed E-state index contributed by atoms with van der Waals surface area (Å²) < 4.78 is 0. The second kappa shape index (κ2) is 4.84. The lowest BCUT2D eigenvalue weighted by Crippen LogP contribution is -2.43. The fourth-order valence-electron chi connectivity index (χ4n) is 0.619. The van der Waals surface area contributed by atoms with Crippen molar-refractivity contribution >= 4 is 0 Å². The molecule has 0 saturated carbocycles. The van der Waals surface area contributed by atoms with E-state index in [4.69, 9.17) is 15.4 Å². The number of rotatable bonds is 5. The highest BCUT2D eigenvalue weighted by molar-refractivity contribution is 5.18. The van der Waals surface area contributed by atoms with Gasteiger partial charge in [0.1, 0.15) is 0 Å². The normalized spacial score (nSPS) is 11.9. The highest BCUT2D eigenvalue weighted by Gasteiger charge is 2.21. The first-order valence-corrected chi connectivity index (χ1v) is 3.35. The van der Waals surface area contributed by atoms with Crippen molar-refractivity contribution < 1.29 is 15.4 Å². The zero-order valence-corrected chi connectivity index (χ0v) is 6.70. The van der Waals surface area contributed by atoms with Gasteiger partial charge in [0.05, 0.1) is 0 Å². The summed E-state index contributed by atoms with van der Waals surface area (Å²) in [7, 11) is 0. The molecule has 0 aromatic rings. The first kappa shape index (κ1) is 11.1.